The van der Waals surface area contributed by atoms with Crippen molar-refractivity contribution < 1.29 is 0 Å². The Morgan fingerprint density at radius 3 is 1.75 bits per heavy atom. The predicted octanol–water partition coefficient (Wildman–Crippen LogP) is 8.06. The van der Waals surface area contributed by atoms with Gasteiger partial charge in [-0.2, -0.15) is 5.26 Å². The lowest BCUT2D eigenvalue weighted by atomic mass is 10.0. The van der Waals surface area contributed by atoms with Crippen LogP contribution < -0.4 is 0 Å². The van der Waals surface area contributed by atoms with Crippen LogP contribution in [0.1, 0.15) is 5.56 Å². The molecule has 204 valence electrons. The lowest BCUT2D eigenvalue weighted by molar-refractivity contribution is 1.16. The van der Waals surface area contributed by atoms with Gasteiger partial charge in [-0.25, -0.2) is 19.9 Å². The quantitative estimate of drug-likeness (QED) is 0.213. The van der Waals surface area contributed by atoms with Gasteiger partial charge in [0.2, 0.25) is 0 Å². The highest BCUT2D eigenvalue weighted by molar-refractivity contribution is 5.97. The summed E-state index contributed by atoms with van der Waals surface area (Å²) < 4.78 is 0. The van der Waals surface area contributed by atoms with Crippen LogP contribution in [0.3, 0.4) is 0 Å². The number of benzene rings is 4. The van der Waals surface area contributed by atoms with Crippen molar-refractivity contribution in [3.05, 3.63) is 133 Å². The Bertz CT molecular complexity index is 2300. The van der Waals surface area contributed by atoms with E-state index in [1.54, 1.807) is 24.5 Å². The van der Waals surface area contributed by atoms with Gasteiger partial charge in [0, 0.05) is 39.9 Å². The van der Waals surface area contributed by atoms with Gasteiger partial charge >= 0.3 is 0 Å². The van der Waals surface area contributed by atoms with E-state index in [9.17, 15) is 5.26 Å². The van der Waals surface area contributed by atoms with E-state index in [-0.39, 0.29) is 0 Å². The Morgan fingerprint density at radius 2 is 1.07 bits per heavy atom. The first kappa shape index (κ1) is 25.3. The van der Waals surface area contributed by atoms with Crippen molar-refractivity contribution in [2.75, 3.05) is 0 Å². The van der Waals surface area contributed by atoms with Gasteiger partial charge in [0.1, 0.15) is 5.69 Å². The third-order valence-corrected chi connectivity index (χ3v) is 7.63. The Hall–Kier alpha value is -6.39. The fourth-order valence-corrected chi connectivity index (χ4v) is 5.53. The zero-order valence-corrected chi connectivity index (χ0v) is 23.3. The number of hydrogen-bond donors (Lipinski definition) is 0. The molecule has 7 nitrogen and oxygen atoms in total. The standard InChI is InChI=1S/C37H21N7/c38-22-23-15-17-24(18-16-23)35-36(42-32-12-2-1-11-31(32)41-35)34-21-33(26-7-3-13-29-25(26)9-5-19-39-29)43-37(44-34)28-8-4-14-30-27(28)10-6-20-40-30/h1-21H. The Morgan fingerprint density at radius 1 is 0.477 bits per heavy atom. The molecule has 44 heavy (non-hydrogen) atoms. The van der Waals surface area contributed by atoms with Crippen LogP contribution in [0.4, 0.5) is 0 Å². The smallest absolute Gasteiger partial charge is 0.161 e. The number of rotatable bonds is 4. The molecule has 8 rings (SSSR count). The molecule has 8 aromatic rings. The summed E-state index contributed by atoms with van der Waals surface area (Å²) in [7, 11) is 0. The molecule has 0 bridgehead atoms. The van der Waals surface area contributed by atoms with E-state index in [0.717, 1.165) is 55.2 Å². The Labute approximate surface area is 252 Å². The molecule has 0 radical (unpaired) electrons. The molecular formula is C37H21N7. The van der Waals surface area contributed by atoms with Crippen LogP contribution in [0.25, 0.3) is 78.1 Å². The summed E-state index contributed by atoms with van der Waals surface area (Å²) in [6, 6.07) is 39.3. The first-order valence-electron chi connectivity index (χ1n) is 14.1. The number of para-hydroxylation sites is 2. The molecule has 0 spiro atoms. The van der Waals surface area contributed by atoms with Gasteiger partial charge < -0.3 is 0 Å². The first-order chi connectivity index (χ1) is 21.7. The first-order valence-corrected chi connectivity index (χ1v) is 14.1. The zero-order valence-electron chi connectivity index (χ0n) is 23.3. The summed E-state index contributed by atoms with van der Waals surface area (Å²) >= 11 is 0. The highest BCUT2D eigenvalue weighted by Crippen LogP contribution is 2.36. The molecule has 0 amide bonds. The fourth-order valence-electron chi connectivity index (χ4n) is 5.53. The maximum atomic E-state index is 9.40. The summed E-state index contributed by atoms with van der Waals surface area (Å²) in [6.45, 7) is 0. The molecular weight excluding hydrogens is 542 g/mol. The summed E-state index contributed by atoms with van der Waals surface area (Å²) in [5.74, 6) is 0.553. The van der Waals surface area contributed by atoms with Crippen molar-refractivity contribution >= 4 is 32.8 Å². The van der Waals surface area contributed by atoms with Gasteiger partial charge in [-0.15, -0.1) is 0 Å². The Balaban J connectivity index is 1.45. The van der Waals surface area contributed by atoms with Gasteiger partial charge in [0.25, 0.3) is 0 Å². The zero-order chi connectivity index (χ0) is 29.5. The van der Waals surface area contributed by atoms with Gasteiger partial charge in [-0.1, -0.05) is 60.7 Å². The van der Waals surface area contributed by atoms with Gasteiger partial charge in [-0.3, -0.25) is 9.97 Å². The predicted molar refractivity (Wildman–Crippen MR) is 172 cm³/mol. The second-order valence-electron chi connectivity index (χ2n) is 10.3. The van der Waals surface area contributed by atoms with E-state index in [4.69, 9.17) is 19.9 Å². The molecule has 0 fully saturated rings. The largest absolute Gasteiger partial charge is 0.256 e. The number of hydrogen-bond acceptors (Lipinski definition) is 7. The SMILES string of the molecule is N#Cc1ccc(-c2nc3ccccc3nc2-c2cc(-c3cccc4ncccc34)nc(-c3cccc4ncccc34)n2)cc1. The van der Waals surface area contributed by atoms with Crippen LogP contribution in [0, 0.1) is 11.3 Å². The van der Waals surface area contributed by atoms with Crippen molar-refractivity contribution in [2.24, 2.45) is 0 Å². The van der Waals surface area contributed by atoms with E-state index in [0.29, 0.717) is 28.5 Å². The molecule has 0 unspecified atom stereocenters. The van der Waals surface area contributed by atoms with E-state index >= 15 is 0 Å². The average molecular weight is 564 g/mol. The second-order valence-corrected chi connectivity index (χ2v) is 10.3. The van der Waals surface area contributed by atoms with Crippen molar-refractivity contribution in [3.63, 3.8) is 0 Å². The number of fused-ring (bicyclic) bond motifs is 3. The van der Waals surface area contributed by atoms with Crippen LogP contribution in [0.15, 0.2) is 128 Å². The lowest BCUT2D eigenvalue weighted by Gasteiger charge is -2.14. The maximum Gasteiger partial charge on any atom is 0.161 e. The van der Waals surface area contributed by atoms with Crippen molar-refractivity contribution in [1.82, 2.24) is 29.9 Å². The van der Waals surface area contributed by atoms with Gasteiger partial charge in [0.05, 0.1) is 50.8 Å². The summed E-state index contributed by atoms with van der Waals surface area (Å²) in [5.41, 5.74) is 9.14. The molecule has 7 heteroatoms. The molecule has 0 aliphatic carbocycles. The van der Waals surface area contributed by atoms with E-state index in [2.05, 4.69) is 28.2 Å². The van der Waals surface area contributed by atoms with Crippen LogP contribution >= 0.6 is 0 Å². The minimum atomic E-state index is 0.553. The molecule has 0 aliphatic rings. The van der Waals surface area contributed by atoms with Crippen LogP contribution in [-0.2, 0) is 0 Å². The molecule has 0 aliphatic heterocycles. The molecule has 4 aromatic carbocycles. The van der Waals surface area contributed by atoms with Crippen LogP contribution in [0.2, 0.25) is 0 Å². The number of nitrogens with zero attached hydrogens (tertiary/aromatic N) is 7. The maximum absolute atomic E-state index is 9.40. The fraction of sp³-hybridized carbons (Fsp3) is 0. The summed E-state index contributed by atoms with van der Waals surface area (Å²) in [5, 5.41) is 11.3. The van der Waals surface area contributed by atoms with E-state index in [1.807, 2.05) is 91.0 Å². The topological polar surface area (TPSA) is 101 Å². The second kappa shape index (κ2) is 10.5. The molecule has 0 N–H and O–H groups in total. The van der Waals surface area contributed by atoms with Crippen LogP contribution in [0.5, 0.6) is 0 Å². The van der Waals surface area contributed by atoms with E-state index in [1.165, 1.54) is 0 Å². The molecule has 0 saturated carbocycles. The number of aromatic nitrogens is 6. The van der Waals surface area contributed by atoms with Crippen molar-refractivity contribution in [2.45, 2.75) is 0 Å². The molecule has 0 atom stereocenters. The molecule has 4 heterocycles. The minimum Gasteiger partial charge on any atom is -0.256 e. The van der Waals surface area contributed by atoms with Crippen LogP contribution in [-0.4, -0.2) is 29.9 Å². The highest BCUT2D eigenvalue weighted by Gasteiger charge is 2.19. The van der Waals surface area contributed by atoms with Crippen molar-refractivity contribution in [3.8, 4) is 51.4 Å². The number of nitriles is 1. The third kappa shape index (κ3) is 4.39. The van der Waals surface area contributed by atoms with E-state index < -0.39 is 0 Å². The highest BCUT2D eigenvalue weighted by atomic mass is 14.9. The lowest BCUT2D eigenvalue weighted by Crippen LogP contribution is -2.01. The average Bonchev–Trinajstić information content (AvgIpc) is 3.10. The normalized spacial score (nSPS) is 11.2. The third-order valence-electron chi connectivity index (χ3n) is 7.63. The Kier molecular flexibility index (Phi) is 6.02. The van der Waals surface area contributed by atoms with Gasteiger partial charge in [0.15, 0.2) is 5.82 Å². The molecule has 4 aromatic heterocycles. The minimum absolute atomic E-state index is 0.553. The van der Waals surface area contributed by atoms with Crippen molar-refractivity contribution in [1.29, 1.82) is 5.26 Å². The molecule has 0 saturated heterocycles. The van der Waals surface area contributed by atoms with Gasteiger partial charge in [-0.05, 0) is 54.6 Å². The number of pyridine rings is 2. The monoisotopic (exact) mass is 563 g/mol. The summed E-state index contributed by atoms with van der Waals surface area (Å²) in [6.07, 6.45) is 3.58. The summed E-state index contributed by atoms with van der Waals surface area (Å²) in [4.78, 5) is 29.6.